The van der Waals surface area contributed by atoms with E-state index in [4.69, 9.17) is 4.74 Å². The zero-order valence-corrected chi connectivity index (χ0v) is 18.0. The molecule has 1 aliphatic heterocycles. The van der Waals surface area contributed by atoms with E-state index in [1.165, 1.54) is 12.0 Å². The maximum atomic E-state index is 12.6. The monoisotopic (exact) mass is 408 g/mol. The summed E-state index contributed by atoms with van der Waals surface area (Å²) >= 11 is 0. The average molecular weight is 409 g/mol. The van der Waals surface area contributed by atoms with E-state index in [0.29, 0.717) is 6.54 Å². The summed E-state index contributed by atoms with van der Waals surface area (Å²) < 4.78 is 5.19. The fraction of sp³-hybridized carbons (Fsp3) is 0.417. The third-order valence-corrected chi connectivity index (χ3v) is 5.39. The lowest BCUT2D eigenvalue weighted by atomic mass is 10.1. The highest BCUT2D eigenvalue weighted by Crippen LogP contribution is 2.14. The first-order valence-electron chi connectivity index (χ1n) is 10.7. The number of carbonyl (C=O) groups excluding carboxylic acids is 1. The molecule has 1 saturated heterocycles. The summed E-state index contributed by atoms with van der Waals surface area (Å²) in [6.45, 7) is 3.19. The summed E-state index contributed by atoms with van der Waals surface area (Å²) in [5.41, 5.74) is 3.12. The van der Waals surface area contributed by atoms with E-state index in [2.05, 4.69) is 27.8 Å². The molecule has 0 aromatic heterocycles. The predicted octanol–water partition coefficient (Wildman–Crippen LogP) is 3.23. The van der Waals surface area contributed by atoms with Crippen LogP contribution in [0.1, 0.15) is 40.7 Å². The number of rotatable bonds is 7. The molecule has 0 radical (unpaired) electrons. The molecular weight excluding hydrogens is 376 g/mol. The SMILES string of the molecule is CN=C(NCCc1ccc(OC)cc1)NCc1ccc(C(=O)N2CCCCC2)cc1. The van der Waals surface area contributed by atoms with Gasteiger partial charge < -0.3 is 20.3 Å². The largest absolute Gasteiger partial charge is 0.497 e. The minimum Gasteiger partial charge on any atom is -0.497 e. The van der Waals surface area contributed by atoms with E-state index < -0.39 is 0 Å². The lowest BCUT2D eigenvalue weighted by Crippen LogP contribution is -2.38. The topological polar surface area (TPSA) is 66.0 Å². The van der Waals surface area contributed by atoms with Gasteiger partial charge in [0, 0.05) is 38.8 Å². The molecule has 0 saturated carbocycles. The number of benzene rings is 2. The van der Waals surface area contributed by atoms with Crippen LogP contribution in [0.3, 0.4) is 0 Å². The lowest BCUT2D eigenvalue weighted by molar-refractivity contribution is 0.0724. The smallest absolute Gasteiger partial charge is 0.253 e. The molecule has 30 heavy (non-hydrogen) atoms. The van der Waals surface area contributed by atoms with Gasteiger partial charge in [0.2, 0.25) is 0 Å². The van der Waals surface area contributed by atoms with Crippen LogP contribution < -0.4 is 15.4 Å². The number of methoxy groups -OCH3 is 1. The highest BCUT2D eigenvalue weighted by Gasteiger charge is 2.17. The summed E-state index contributed by atoms with van der Waals surface area (Å²) in [5.74, 6) is 1.77. The molecule has 6 heteroatoms. The standard InChI is InChI=1S/C24H32N4O2/c1-25-24(26-15-14-19-8-12-22(30-2)13-9-19)27-18-20-6-10-21(11-7-20)23(29)28-16-4-3-5-17-28/h6-13H,3-5,14-18H2,1-2H3,(H2,25,26,27). The van der Waals surface area contributed by atoms with Crippen LogP contribution in [0.2, 0.25) is 0 Å². The van der Waals surface area contributed by atoms with Gasteiger partial charge in [0.25, 0.3) is 5.91 Å². The van der Waals surface area contributed by atoms with Crippen LogP contribution in [-0.4, -0.2) is 50.6 Å². The Labute approximate surface area is 179 Å². The Morgan fingerprint density at radius 3 is 2.27 bits per heavy atom. The normalized spacial score (nSPS) is 14.3. The molecule has 2 N–H and O–H groups in total. The number of piperidine rings is 1. The Morgan fingerprint density at radius 2 is 1.63 bits per heavy atom. The molecular formula is C24H32N4O2. The Kier molecular flexibility index (Phi) is 8.12. The van der Waals surface area contributed by atoms with Crippen molar-refractivity contribution in [3.05, 3.63) is 65.2 Å². The number of likely N-dealkylation sites (tertiary alicyclic amines) is 1. The predicted molar refractivity (Wildman–Crippen MR) is 121 cm³/mol. The number of nitrogens with zero attached hydrogens (tertiary/aromatic N) is 2. The van der Waals surface area contributed by atoms with Gasteiger partial charge in [-0.2, -0.15) is 0 Å². The number of nitrogens with one attached hydrogen (secondary N) is 2. The number of hydrogen-bond donors (Lipinski definition) is 2. The summed E-state index contributed by atoms with van der Waals surface area (Å²) in [4.78, 5) is 18.8. The highest BCUT2D eigenvalue weighted by atomic mass is 16.5. The van der Waals surface area contributed by atoms with Gasteiger partial charge in [0.1, 0.15) is 5.75 Å². The van der Waals surface area contributed by atoms with Gasteiger partial charge in [-0.3, -0.25) is 9.79 Å². The van der Waals surface area contributed by atoms with Crippen LogP contribution in [0.25, 0.3) is 0 Å². The first-order valence-corrected chi connectivity index (χ1v) is 10.7. The zero-order chi connectivity index (χ0) is 21.2. The molecule has 1 aliphatic rings. The second-order valence-corrected chi connectivity index (χ2v) is 7.50. The average Bonchev–Trinajstić information content (AvgIpc) is 2.82. The third-order valence-electron chi connectivity index (χ3n) is 5.39. The molecule has 2 aromatic carbocycles. The molecule has 1 fully saturated rings. The number of carbonyl (C=O) groups is 1. The first-order chi connectivity index (χ1) is 14.7. The van der Waals surface area contributed by atoms with Crippen LogP contribution in [-0.2, 0) is 13.0 Å². The molecule has 0 atom stereocenters. The second-order valence-electron chi connectivity index (χ2n) is 7.50. The van der Waals surface area contributed by atoms with Crippen molar-refractivity contribution in [1.29, 1.82) is 0 Å². The minimum atomic E-state index is 0.144. The van der Waals surface area contributed by atoms with E-state index in [0.717, 1.165) is 61.7 Å². The number of amides is 1. The fourth-order valence-electron chi connectivity index (χ4n) is 3.57. The van der Waals surface area contributed by atoms with Crippen molar-refractivity contribution in [3.8, 4) is 5.75 Å². The van der Waals surface area contributed by atoms with Crippen LogP contribution in [0, 0.1) is 0 Å². The molecule has 0 aliphatic carbocycles. The molecule has 6 nitrogen and oxygen atoms in total. The quantitative estimate of drug-likeness (QED) is 0.545. The van der Waals surface area contributed by atoms with Crippen LogP contribution >= 0.6 is 0 Å². The fourth-order valence-corrected chi connectivity index (χ4v) is 3.57. The molecule has 2 aromatic rings. The maximum Gasteiger partial charge on any atom is 0.253 e. The molecule has 3 rings (SSSR count). The van der Waals surface area contributed by atoms with E-state index in [1.54, 1.807) is 14.2 Å². The Balaban J connectivity index is 1.43. The van der Waals surface area contributed by atoms with Gasteiger partial charge in [-0.05, 0) is 61.1 Å². The lowest BCUT2D eigenvalue weighted by Gasteiger charge is -2.26. The summed E-state index contributed by atoms with van der Waals surface area (Å²) in [6.07, 6.45) is 4.35. The Bertz CT molecular complexity index is 825. The van der Waals surface area contributed by atoms with Crippen molar-refractivity contribution in [2.45, 2.75) is 32.2 Å². The van der Waals surface area contributed by atoms with Crippen LogP contribution in [0.5, 0.6) is 5.75 Å². The number of aliphatic imine (C=N–C) groups is 1. The van der Waals surface area contributed by atoms with E-state index in [-0.39, 0.29) is 5.91 Å². The minimum absolute atomic E-state index is 0.144. The van der Waals surface area contributed by atoms with Gasteiger partial charge in [-0.25, -0.2) is 0 Å². The third kappa shape index (κ3) is 6.24. The molecule has 0 bridgehead atoms. The van der Waals surface area contributed by atoms with Gasteiger partial charge in [0.15, 0.2) is 5.96 Å². The Hall–Kier alpha value is -3.02. The highest BCUT2D eigenvalue weighted by molar-refractivity contribution is 5.94. The number of hydrogen-bond acceptors (Lipinski definition) is 3. The zero-order valence-electron chi connectivity index (χ0n) is 18.0. The van der Waals surface area contributed by atoms with E-state index >= 15 is 0 Å². The van der Waals surface area contributed by atoms with Crippen LogP contribution in [0.15, 0.2) is 53.5 Å². The van der Waals surface area contributed by atoms with Crippen molar-refractivity contribution in [3.63, 3.8) is 0 Å². The second kappa shape index (κ2) is 11.2. The maximum absolute atomic E-state index is 12.6. The van der Waals surface area contributed by atoms with Crippen molar-refractivity contribution in [2.24, 2.45) is 4.99 Å². The molecule has 0 unspecified atom stereocenters. The first kappa shape index (κ1) is 21.7. The van der Waals surface area contributed by atoms with Crippen LogP contribution in [0.4, 0.5) is 0 Å². The van der Waals surface area contributed by atoms with Gasteiger partial charge >= 0.3 is 0 Å². The van der Waals surface area contributed by atoms with Gasteiger partial charge in [0.05, 0.1) is 7.11 Å². The summed E-state index contributed by atoms with van der Waals surface area (Å²) in [7, 11) is 3.44. The van der Waals surface area contributed by atoms with E-state index in [9.17, 15) is 4.79 Å². The molecule has 1 heterocycles. The number of ether oxygens (including phenoxy) is 1. The molecule has 0 spiro atoms. The van der Waals surface area contributed by atoms with E-state index in [1.807, 2.05) is 41.3 Å². The molecule has 1 amide bonds. The van der Waals surface area contributed by atoms with Gasteiger partial charge in [-0.1, -0.05) is 24.3 Å². The van der Waals surface area contributed by atoms with Crippen molar-refractivity contribution >= 4 is 11.9 Å². The Morgan fingerprint density at radius 1 is 0.967 bits per heavy atom. The summed E-state index contributed by atoms with van der Waals surface area (Å²) in [6, 6.07) is 16.0. The van der Waals surface area contributed by atoms with Crippen molar-refractivity contribution < 1.29 is 9.53 Å². The van der Waals surface area contributed by atoms with Gasteiger partial charge in [-0.15, -0.1) is 0 Å². The number of guanidine groups is 1. The van der Waals surface area contributed by atoms with Crippen molar-refractivity contribution in [1.82, 2.24) is 15.5 Å². The van der Waals surface area contributed by atoms with Crippen molar-refractivity contribution in [2.75, 3.05) is 33.8 Å². The molecule has 160 valence electrons. The summed E-state index contributed by atoms with van der Waals surface area (Å²) in [5, 5.41) is 6.66.